The summed E-state index contributed by atoms with van der Waals surface area (Å²) in [7, 11) is 2.13. The average Bonchev–Trinajstić information content (AvgIpc) is 2.72. The summed E-state index contributed by atoms with van der Waals surface area (Å²) in [6.45, 7) is 6.55. The lowest BCUT2D eigenvalue weighted by molar-refractivity contribution is -0.128. The van der Waals surface area contributed by atoms with Gasteiger partial charge in [-0.15, -0.1) is 0 Å². The molecule has 2 unspecified atom stereocenters. The zero-order chi connectivity index (χ0) is 20.8. The van der Waals surface area contributed by atoms with Crippen LogP contribution in [0.25, 0.3) is 0 Å². The number of hydrogen-bond donors (Lipinski definition) is 1. The normalized spacial score (nSPS) is 17.5. The Balaban J connectivity index is 1.65. The van der Waals surface area contributed by atoms with Crippen LogP contribution in [0.4, 0.5) is 0 Å². The molecule has 1 amide bonds. The predicted octanol–water partition coefficient (Wildman–Crippen LogP) is 3.87. The summed E-state index contributed by atoms with van der Waals surface area (Å²) in [5.74, 6) is 0.344. The smallest absolute Gasteiger partial charge is 0.261 e. The van der Waals surface area contributed by atoms with Crippen molar-refractivity contribution in [2.75, 3.05) is 39.8 Å². The van der Waals surface area contributed by atoms with Crippen LogP contribution in [0.5, 0.6) is 5.75 Å². The third-order valence-electron chi connectivity index (χ3n) is 5.13. The third-order valence-corrected chi connectivity index (χ3v) is 5.87. The van der Waals surface area contributed by atoms with Gasteiger partial charge < -0.3 is 15.0 Å². The Morgan fingerprint density at radius 1 is 1.07 bits per heavy atom. The van der Waals surface area contributed by atoms with Crippen molar-refractivity contribution in [1.29, 1.82) is 0 Å². The first-order valence-corrected chi connectivity index (χ1v) is 10.6. The Morgan fingerprint density at radius 2 is 1.76 bits per heavy atom. The van der Waals surface area contributed by atoms with Crippen molar-refractivity contribution in [2.45, 2.75) is 19.1 Å². The molecule has 3 rings (SSSR count). The molecule has 7 heteroatoms. The van der Waals surface area contributed by atoms with Crippen molar-refractivity contribution in [3.63, 3.8) is 0 Å². The summed E-state index contributed by atoms with van der Waals surface area (Å²) in [6.07, 6.45) is -0.661. The summed E-state index contributed by atoms with van der Waals surface area (Å²) in [4.78, 5) is 17.6. The van der Waals surface area contributed by atoms with Gasteiger partial charge in [0.2, 0.25) is 0 Å². The first kappa shape index (κ1) is 21.9. The van der Waals surface area contributed by atoms with Crippen molar-refractivity contribution in [3.8, 4) is 5.75 Å². The fourth-order valence-corrected chi connectivity index (χ4v) is 3.59. The first-order valence-electron chi connectivity index (χ1n) is 9.80. The Bertz CT molecular complexity index is 811. The molecule has 1 fully saturated rings. The van der Waals surface area contributed by atoms with Gasteiger partial charge in [0.1, 0.15) is 5.75 Å². The molecule has 1 aliphatic heterocycles. The third kappa shape index (κ3) is 6.34. The zero-order valence-corrected chi connectivity index (χ0v) is 18.3. The highest BCUT2D eigenvalue weighted by atomic mass is 35.5. The molecular weight excluding hydrogens is 409 g/mol. The summed E-state index contributed by atoms with van der Waals surface area (Å²) < 4.78 is 5.78. The van der Waals surface area contributed by atoms with Crippen molar-refractivity contribution < 1.29 is 9.53 Å². The number of ether oxygens (including phenoxy) is 1. The number of halogens is 2. The quantitative estimate of drug-likeness (QED) is 0.716. The van der Waals surface area contributed by atoms with Crippen LogP contribution in [0.2, 0.25) is 10.0 Å². The van der Waals surface area contributed by atoms with Crippen LogP contribution < -0.4 is 10.1 Å². The molecule has 0 spiro atoms. The van der Waals surface area contributed by atoms with E-state index in [9.17, 15) is 4.79 Å². The van der Waals surface area contributed by atoms with Gasteiger partial charge in [0.15, 0.2) is 6.10 Å². The SMILES string of the molecule is CC(Oc1ccc(Cl)c(Cl)c1)C(=O)NC(CN1CCN(C)CC1)c1ccccc1. The Hall–Kier alpha value is -1.79. The second-order valence-electron chi connectivity index (χ2n) is 7.41. The Kier molecular flexibility index (Phi) is 7.78. The summed E-state index contributed by atoms with van der Waals surface area (Å²) in [5, 5.41) is 4.01. The molecule has 2 atom stereocenters. The molecule has 0 saturated carbocycles. The zero-order valence-electron chi connectivity index (χ0n) is 16.8. The Morgan fingerprint density at radius 3 is 2.41 bits per heavy atom. The molecule has 1 N–H and O–H groups in total. The van der Waals surface area contributed by atoms with E-state index in [0.717, 1.165) is 38.3 Å². The van der Waals surface area contributed by atoms with Crippen LogP contribution in [0.1, 0.15) is 18.5 Å². The van der Waals surface area contributed by atoms with E-state index in [1.54, 1.807) is 25.1 Å². The van der Waals surface area contributed by atoms with Gasteiger partial charge in [0, 0.05) is 38.8 Å². The highest BCUT2D eigenvalue weighted by Crippen LogP contribution is 2.27. The molecule has 5 nitrogen and oxygen atoms in total. The van der Waals surface area contributed by atoms with Gasteiger partial charge in [-0.25, -0.2) is 0 Å². The summed E-state index contributed by atoms with van der Waals surface area (Å²) in [5.41, 5.74) is 1.08. The van der Waals surface area contributed by atoms with Crippen LogP contribution >= 0.6 is 23.2 Å². The van der Waals surface area contributed by atoms with Gasteiger partial charge in [-0.05, 0) is 31.7 Å². The molecular formula is C22H27Cl2N3O2. The summed E-state index contributed by atoms with van der Waals surface area (Å²) in [6, 6.07) is 14.9. The number of nitrogens with one attached hydrogen (secondary N) is 1. The van der Waals surface area contributed by atoms with Crippen molar-refractivity contribution in [2.24, 2.45) is 0 Å². The number of hydrogen-bond acceptors (Lipinski definition) is 4. The van der Waals surface area contributed by atoms with E-state index in [4.69, 9.17) is 27.9 Å². The van der Waals surface area contributed by atoms with E-state index in [1.807, 2.05) is 30.3 Å². The largest absolute Gasteiger partial charge is 0.481 e. The molecule has 2 aromatic rings. The predicted molar refractivity (Wildman–Crippen MR) is 118 cm³/mol. The van der Waals surface area contributed by atoms with Gasteiger partial charge in [-0.1, -0.05) is 53.5 Å². The van der Waals surface area contributed by atoms with E-state index in [1.165, 1.54) is 0 Å². The maximum Gasteiger partial charge on any atom is 0.261 e. The average molecular weight is 436 g/mol. The minimum Gasteiger partial charge on any atom is -0.481 e. The van der Waals surface area contributed by atoms with Gasteiger partial charge in [-0.3, -0.25) is 9.69 Å². The number of carbonyl (C=O) groups excluding carboxylic acids is 1. The molecule has 1 aliphatic rings. The second kappa shape index (κ2) is 10.3. The van der Waals surface area contributed by atoms with Crippen molar-refractivity contribution >= 4 is 29.1 Å². The number of nitrogens with zero attached hydrogens (tertiary/aromatic N) is 2. The van der Waals surface area contributed by atoms with Crippen LogP contribution in [-0.4, -0.2) is 61.6 Å². The molecule has 2 aromatic carbocycles. The fraction of sp³-hybridized carbons (Fsp3) is 0.409. The van der Waals surface area contributed by atoms with E-state index in [0.29, 0.717) is 15.8 Å². The maximum atomic E-state index is 12.9. The number of benzene rings is 2. The number of carbonyl (C=O) groups is 1. The van der Waals surface area contributed by atoms with E-state index in [2.05, 4.69) is 22.2 Å². The van der Waals surface area contributed by atoms with E-state index in [-0.39, 0.29) is 11.9 Å². The van der Waals surface area contributed by atoms with Crippen molar-refractivity contribution in [1.82, 2.24) is 15.1 Å². The fourth-order valence-electron chi connectivity index (χ4n) is 3.31. The lowest BCUT2D eigenvalue weighted by Gasteiger charge is -2.35. The number of piperazine rings is 1. The van der Waals surface area contributed by atoms with Crippen LogP contribution in [0.3, 0.4) is 0 Å². The van der Waals surface area contributed by atoms with Gasteiger partial charge >= 0.3 is 0 Å². The first-order chi connectivity index (χ1) is 13.9. The number of amides is 1. The molecule has 156 valence electrons. The molecule has 0 radical (unpaired) electrons. The Labute approximate surface area is 182 Å². The van der Waals surface area contributed by atoms with Gasteiger partial charge in [0.05, 0.1) is 16.1 Å². The molecule has 0 aliphatic carbocycles. The lowest BCUT2D eigenvalue weighted by Crippen LogP contribution is -2.49. The number of likely N-dealkylation sites (N-methyl/N-ethyl adjacent to an activating group) is 1. The standard InChI is InChI=1S/C22H27Cl2N3O2/c1-16(29-18-8-9-19(23)20(24)14-18)22(28)25-21(17-6-4-3-5-7-17)15-27-12-10-26(2)11-13-27/h3-9,14,16,21H,10-13,15H2,1-2H3,(H,25,28). The topological polar surface area (TPSA) is 44.8 Å². The maximum absolute atomic E-state index is 12.9. The highest BCUT2D eigenvalue weighted by Gasteiger charge is 2.24. The van der Waals surface area contributed by atoms with Crippen LogP contribution in [0, 0.1) is 0 Å². The molecule has 1 saturated heterocycles. The molecule has 0 aromatic heterocycles. The minimum atomic E-state index is -0.661. The van der Waals surface area contributed by atoms with Crippen LogP contribution in [0.15, 0.2) is 48.5 Å². The van der Waals surface area contributed by atoms with Gasteiger partial charge in [0.25, 0.3) is 5.91 Å². The van der Waals surface area contributed by atoms with Gasteiger partial charge in [-0.2, -0.15) is 0 Å². The molecule has 1 heterocycles. The summed E-state index contributed by atoms with van der Waals surface area (Å²) >= 11 is 12.0. The monoisotopic (exact) mass is 435 g/mol. The van der Waals surface area contributed by atoms with Crippen LogP contribution in [-0.2, 0) is 4.79 Å². The second-order valence-corrected chi connectivity index (χ2v) is 8.23. The lowest BCUT2D eigenvalue weighted by atomic mass is 10.1. The van der Waals surface area contributed by atoms with Crippen molar-refractivity contribution in [3.05, 3.63) is 64.1 Å². The molecule has 29 heavy (non-hydrogen) atoms. The van der Waals surface area contributed by atoms with E-state index >= 15 is 0 Å². The van der Waals surface area contributed by atoms with E-state index < -0.39 is 6.10 Å². The number of rotatable bonds is 7. The minimum absolute atomic E-state index is 0.105. The highest BCUT2D eigenvalue weighted by molar-refractivity contribution is 6.42. The molecule has 0 bridgehead atoms.